The highest BCUT2D eigenvalue weighted by molar-refractivity contribution is 7.14. The molecule has 0 atom stereocenters. The molecule has 0 fully saturated rings. The van der Waals surface area contributed by atoms with Crippen LogP contribution in [0.25, 0.3) is 11.3 Å². The standard InChI is InChI=1S/C17H17N3O2S/c1-3-16(21)20(10-14-9-12(2)19-22-14)17-18-15(11-23-17)13-7-5-4-6-8-13/h4-9,11H,3,10H2,1-2H3. The molecule has 23 heavy (non-hydrogen) atoms. The van der Waals surface area contributed by atoms with Crippen LogP contribution in [-0.4, -0.2) is 16.0 Å². The molecule has 0 bridgehead atoms. The summed E-state index contributed by atoms with van der Waals surface area (Å²) in [6, 6.07) is 11.8. The van der Waals surface area contributed by atoms with Crippen molar-refractivity contribution in [1.82, 2.24) is 10.1 Å². The first-order chi connectivity index (χ1) is 11.2. The van der Waals surface area contributed by atoms with E-state index in [4.69, 9.17) is 4.52 Å². The Balaban J connectivity index is 1.88. The molecule has 3 aromatic rings. The summed E-state index contributed by atoms with van der Waals surface area (Å²) in [5.41, 5.74) is 2.70. The predicted octanol–water partition coefficient (Wildman–Crippen LogP) is 4.05. The van der Waals surface area contributed by atoms with Gasteiger partial charge in [0.25, 0.3) is 0 Å². The van der Waals surface area contributed by atoms with Crippen molar-refractivity contribution in [3.63, 3.8) is 0 Å². The van der Waals surface area contributed by atoms with Crippen molar-refractivity contribution in [2.75, 3.05) is 4.90 Å². The van der Waals surface area contributed by atoms with Crippen LogP contribution in [0.2, 0.25) is 0 Å². The van der Waals surface area contributed by atoms with Gasteiger partial charge in [0.1, 0.15) is 0 Å². The van der Waals surface area contributed by atoms with Gasteiger partial charge in [-0.1, -0.05) is 42.4 Å². The zero-order chi connectivity index (χ0) is 16.2. The highest BCUT2D eigenvalue weighted by Crippen LogP contribution is 2.28. The first-order valence-electron chi connectivity index (χ1n) is 7.41. The number of nitrogens with zero attached hydrogens (tertiary/aromatic N) is 3. The van der Waals surface area contributed by atoms with Crippen LogP contribution < -0.4 is 4.90 Å². The van der Waals surface area contributed by atoms with Crippen molar-refractivity contribution in [1.29, 1.82) is 0 Å². The van der Waals surface area contributed by atoms with Gasteiger partial charge in [-0.25, -0.2) is 4.98 Å². The number of rotatable bonds is 5. The molecule has 5 nitrogen and oxygen atoms in total. The fourth-order valence-electron chi connectivity index (χ4n) is 2.23. The molecule has 3 rings (SSSR count). The van der Waals surface area contributed by atoms with Gasteiger partial charge in [0, 0.05) is 23.4 Å². The summed E-state index contributed by atoms with van der Waals surface area (Å²) in [4.78, 5) is 18.6. The fourth-order valence-corrected chi connectivity index (χ4v) is 3.08. The number of hydrogen-bond donors (Lipinski definition) is 0. The Morgan fingerprint density at radius 3 is 2.74 bits per heavy atom. The zero-order valence-corrected chi connectivity index (χ0v) is 13.8. The monoisotopic (exact) mass is 327 g/mol. The van der Waals surface area contributed by atoms with Crippen molar-refractivity contribution < 1.29 is 9.32 Å². The number of aromatic nitrogens is 2. The molecule has 2 aromatic heterocycles. The topological polar surface area (TPSA) is 59.2 Å². The Bertz CT molecular complexity index is 795. The molecule has 0 radical (unpaired) electrons. The number of thiazole rings is 1. The molecule has 0 aliphatic heterocycles. The Hall–Kier alpha value is -2.47. The van der Waals surface area contributed by atoms with Crippen molar-refractivity contribution in [2.45, 2.75) is 26.8 Å². The second kappa shape index (κ2) is 6.75. The van der Waals surface area contributed by atoms with Gasteiger partial charge in [0.05, 0.1) is 17.9 Å². The summed E-state index contributed by atoms with van der Waals surface area (Å²) in [5.74, 6) is 0.661. The average molecular weight is 327 g/mol. The van der Waals surface area contributed by atoms with E-state index in [-0.39, 0.29) is 5.91 Å². The summed E-state index contributed by atoms with van der Waals surface area (Å²) in [7, 11) is 0. The first-order valence-corrected chi connectivity index (χ1v) is 8.29. The lowest BCUT2D eigenvalue weighted by Gasteiger charge is -2.17. The minimum absolute atomic E-state index is 0.00742. The number of carbonyl (C=O) groups is 1. The molecular formula is C17H17N3O2S. The minimum atomic E-state index is 0.00742. The van der Waals surface area contributed by atoms with Crippen molar-refractivity contribution in [2.24, 2.45) is 0 Å². The molecule has 0 spiro atoms. The molecule has 0 N–H and O–H groups in total. The Labute approximate surface area is 138 Å². The molecule has 118 valence electrons. The number of anilines is 1. The highest BCUT2D eigenvalue weighted by atomic mass is 32.1. The third-order valence-corrected chi connectivity index (χ3v) is 4.25. The van der Waals surface area contributed by atoms with E-state index in [9.17, 15) is 4.79 Å². The number of aryl methyl sites for hydroxylation is 1. The van der Waals surface area contributed by atoms with Gasteiger partial charge in [0.2, 0.25) is 5.91 Å². The number of hydrogen-bond acceptors (Lipinski definition) is 5. The second-order valence-corrected chi connectivity index (χ2v) is 5.99. The second-order valence-electron chi connectivity index (χ2n) is 5.15. The lowest BCUT2D eigenvalue weighted by molar-refractivity contribution is -0.118. The molecule has 2 heterocycles. The van der Waals surface area contributed by atoms with Crippen LogP contribution in [0, 0.1) is 6.92 Å². The number of carbonyl (C=O) groups excluding carboxylic acids is 1. The molecule has 0 saturated heterocycles. The summed E-state index contributed by atoms with van der Waals surface area (Å²) in [6.45, 7) is 4.04. The molecule has 0 saturated carbocycles. The van der Waals surface area contributed by atoms with Gasteiger partial charge < -0.3 is 4.52 Å². The van der Waals surface area contributed by atoms with Crippen molar-refractivity contribution in [3.8, 4) is 11.3 Å². The molecule has 6 heteroatoms. The summed E-state index contributed by atoms with van der Waals surface area (Å²) >= 11 is 1.45. The summed E-state index contributed by atoms with van der Waals surface area (Å²) in [5, 5.41) is 6.51. The Morgan fingerprint density at radius 2 is 2.09 bits per heavy atom. The van der Waals surface area contributed by atoms with E-state index in [1.165, 1.54) is 11.3 Å². The van der Waals surface area contributed by atoms with Crippen LogP contribution in [0.5, 0.6) is 0 Å². The van der Waals surface area contributed by atoms with Gasteiger partial charge in [-0.15, -0.1) is 11.3 Å². The third kappa shape index (κ3) is 3.48. The lowest BCUT2D eigenvalue weighted by atomic mass is 10.2. The van der Waals surface area contributed by atoms with Gasteiger partial charge in [-0.2, -0.15) is 0 Å². The Morgan fingerprint density at radius 1 is 1.30 bits per heavy atom. The summed E-state index contributed by atoms with van der Waals surface area (Å²) in [6.07, 6.45) is 0.410. The predicted molar refractivity (Wildman–Crippen MR) is 90.3 cm³/mol. The maximum atomic E-state index is 12.3. The van der Waals surface area contributed by atoms with E-state index >= 15 is 0 Å². The largest absolute Gasteiger partial charge is 0.359 e. The molecular weight excluding hydrogens is 310 g/mol. The van der Waals surface area contributed by atoms with Gasteiger partial charge in [0.15, 0.2) is 10.9 Å². The maximum Gasteiger partial charge on any atom is 0.228 e. The smallest absolute Gasteiger partial charge is 0.228 e. The number of amides is 1. The lowest BCUT2D eigenvalue weighted by Crippen LogP contribution is -2.29. The number of benzene rings is 1. The molecule has 0 aliphatic rings. The fraction of sp³-hybridized carbons (Fsp3) is 0.235. The van der Waals surface area contributed by atoms with Gasteiger partial charge in [-0.05, 0) is 6.92 Å². The first kappa shape index (κ1) is 15.4. The summed E-state index contributed by atoms with van der Waals surface area (Å²) < 4.78 is 5.24. The van der Waals surface area contributed by atoms with E-state index in [1.54, 1.807) is 4.90 Å². The van der Waals surface area contributed by atoms with E-state index in [0.29, 0.717) is 23.9 Å². The average Bonchev–Trinajstić information content (AvgIpc) is 3.22. The van der Waals surface area contributed by atoms with E-state index in [2.05, 4.69) is 10.1 Å². The molecule has 1 aromatic carbocycles. The zero-order valence-electron chi connectivity index (χ0n) is 13.0. The van der Waals surface area contributed by atoms with Crippen LogP contribution in [0.3, 0.4) is 0 Å². The molecule has 0 aliphatic carbocycles. The van der Waals surface area contributed by atoms with Crippen LogP contribution >= 0.6 is 11.3 Å². The van der Waals surface area contributed by atoms with Crippen molar-refractivity contribution in [3.05, 3.63) is 53.2 Å². The SMILES string of the molecule is CCC(=O)N(Cc1cc(C)no1)c1nc(-c2ccccc2)cs1. The van der Waals surface area contributed by atoms with E-state index < -0.39 is 0 Å². The Kier molecular flexibility index (Phi) is 4.52. The van der Waals surface area contributed by atoms with Crippen LogP contribution in [0.15, 0.2) is 46.3 Å². The van der Waals surface area contributed by atoms with E-state index in [0.717, 1.165) is 17.0 Å². The molecule has 1 amide bonds. The quantitative estimate of drug-likeness (QED) is 0.709. The highest BCUT2D eigenvalue weighted by Gasteiger charge is 2.20. The van der Waals surface area contributed by atoms with E-state index in [1.807, 2.05) is 55.6 Å². The van der Waals surface area contributed by atoms with Crippen LogP contribution in [0.4, 0.5) is 5.13 Å². The third-order valence-electron chi connectivity index (χ3n) is 3.39. The van der Waals surface area contributed by atoms with Crippen molar-refractivity contribution >= 4 is 22.4 Å². The van der Waals surface area contributed by atoms with Gasteiger partial charge >= 0.3 is 0 Å². The van der Waals surface area contributed by atoms with Crippen LogP contribution in [-0.2, 0) is 11.3 Å². The maximum absolute atomic E-state index is 12.3. The normalized spacial score (nSPS) is 10.7. The minimum Gasteiger partial charge on any atom is -0.359 e. The molecule has 0 unspecified atom stereocenters. The van der Waals surface area contributed by atoms with Crippen LogP contribution in [0.1, 0.15) is 24.8 Å². The van der Waals surface area contributed by atoms with Gasteiger partial charge in [-0.3, -0.25) is 9.69 Å².